The third-order valence-corrected chi connectivity index (χ3v) is 4.91. The van der Waals surface area contributed by atoms with Crippen molar-refractivity contribution in [1.29, 1.82) is 5.41 Å². The van der Waals surface area contributed by atoms with Crippen molar-refractivity contribution in [2.24, 2.45) is 11.7 Å². The molecular formula is C24H32N4O4. The minimum Gasteiger partial charge on any atom is -0.493 e. The molecule has 172 valence electrons. The Kier molecular flexibility index (Phi) is 9.07. The summed E-state index contributed by atoms with van der Waals surface area (Å²) in [6.45, 7) is 4.02. The van der Waals surface area contributed by atoms with Crippen molar-refractivity contribution in [3.05, 3.63) is 59.7 Å². The first-order valence-corrected chi connectivity index (χ1v) is 10.4. The lowest BCUT2D eigenvalue weighted by atomic mass is 10.0. The van der Waals surface area contributed by atoms with Crippen molar-refractivity contribution < 1.29 is 19.1 Å². The Bertz CT molecular complexity index is 931. The molecule has 0 unspecified atom stereocenters. The maximum Gasteiger partial charge on any atom is 0.243 e. The molecule has 0 aliphatic rings. The number of ether oxygens (including phenoxy) is 2. The first-order chi connectivity index (χ1) is 15.3. The van der Waals surface area contributed by atoms with E-state index in [0.717, 1.165) is 16.0 Å². The molecule has 0 aliphatic carbocycles. The summed E-state index contributed by atoms with van der Waals surface area (Å²) in [6, 6.07) is 13.8. The Morgan fingerprint density at radius 3 is 2.25 bits per heavy atom. The van der Waals surface area contributed by atoms with E-state index in [4.69, 9.17) is 20.6 Å². The van der Waals surface area contributed by atoms with E-state index in [2.05, 4.69) is 5.32 Å². The van der Waals surface area contributed by atoms with Gasteiger partial charge >= 0.3 is 0 Å². The molecule has 0 fully saturated rings. The minimum absolute atomic E-state index is 0.0663. The number of carbonyl (C=O) groups excluding carboxylic acids is 2. The van der Waals surface area contributed by atoms with E-state index in [1.54, 1.807) is 26.4 Å². The molecular weight excluding hydrogens is 408 g/mol. The average molecular weight is 441 g/mol. The molecule has 2 rings (SSSR count). The summed E-state index contributed by atoms with van der Waals surface area (Å²) in [7, 11) is 3.10. The van der Waals surface area contributed by atoms with Gasteiger partial charge in [0.2, 0.25) is 11.8 Å². The van der Waals surface area contributed by atoms with Gasteiger partial charge in [-0.1, -0.05) is 50.2 Å². The van der Waals surface area contributed by atoms with Crippen LogP contribution in [0.2, 0.25) is 0 Å². The van der Waals surface area contributed by atoms with Crippen molar-refractivity contribution in [1.82, 2.24) is 10.2 Å². The van der Waals surface area contributed by atoms with Gasteiger partial charge in [-0.25, -0.2) is 0 Å². The highest BCUT2D eigenvalue weighted by atomic mass is 16.5. The van der Waals surface area contributed by atoms with Crippen molar-refractivity contribution >= 4 is 17.8 Å². The van der Waals surface area contributed by atoms with E-state index in [1.807, 2.05) is 50.2 Å². The molecule has 4 N–H and O–H groups in total. The zero-order chi connectivity index (χ0) is 23.7. The van der Waals surface area contributed by atoms with Gasteiger partial charge in [-0.2, -0.15) is 0 Å². The highest BCUT2D eigenvalue weighted by Gasteiger charge is 2.32. The molecule has 0 bridgehead atoms. The van der Waals surface area contributed by atoms with E-state index in [1.165, 1.54) is 0 Å². The maximum atomic E-state index is 13.2. The second-order valence-electron chi connectivity index (χ2n) is 7.86. The second kappa shape index (κ2) is 11.7. The van der Waals surface area contributed by atoms with E-state index >= 15 is 0 Å². The molecule has 32 heavy (non-hydrogen) atoms. The molecule has 8 nitrogen and oxygen atoms in total. The van der Waals surface area contributed by atoms with Crippen LogP contribution in [0, 0.1) is 11.3 Å². The van der Waals surface area contributed by atoms with Gasteiger partial charge in [0.05, 0.1) is 14.2 Å². The predicted octanol–water partition coefficient (Wildman–Crippen LogP) is 2.70. The Morgan fingerprint density at radius 2 is 1.69 bits per heavy atom. The molecule has 0 saturated heterocycles. The number of nitrogens with one attached hydrogen (secondary N) is 2. The van der Waals surface area contributed by atoms with Crippen LogP contribution in [0.25, 0.3) is 0 Å². The Hall–Kier alpha value is -3.55. The molecule has 0 heterocycles. The first kappa shape index (κ1) is 24.7. The lowest BCUT2D eigenvalue weighted by molar-refractivity contribution is -0.136. The SMILES string of the molecule is COc1ccc(CNC(=O)[C@@H](Cc2ccccc2)N(C(=N)N)C(=O)CC(C)C)cc1OC. The summed E-state index contributed by atoms with van der Waals surface area (Å²) in [4.78, 5) is 27.2. The van der Waals surface area contributed by atoms with Gasteiger partial charge in [0.15, 0.2) is 17.5 Å². The second-order valence-corrected chi connectivity index (χ2v) is 7.86. The van der Waals surface area contributed by atoms with Gasteiger partial charge in [-0.05, 0) is 29.2 Å². The summed E-state index contributed by atoms with van der Waals surface area (Å²) >= 11 is 0. The number of guanidine groups is 1. The van der Waals surface area contributed by atoms with Crippen molar-refractivity contribution in [2.45, 2.75) is 39.3 Å². The lowest BCUT2D eigenvalue weighted by Gasteiger charge is -2.30. The average Bonchev–Trinajstić information content (AvgIpc) is 2.76. The molecule has 1 atom stereocenters. The number of hydrogen-bond donors (Lipinski definition) is 3. The molecule has 0 spiro atoms. The molecule has 8 heteroatoms. The topological polar surface area (TPSA) is 118 Å². The highest BCUT2D eigenvalue weighted by molar-refractivity contribution is 6.00. The molecule has 0 aromatic heterocycles. The van der Waals surface area contributed by atoms with E-state index < -0.39 is 17.9 Å². The third-order valence-electron chi connectivity index (χ3n) is 4.91. The van der Waals surface area contributed by atoms with E-state index in [0.29, 0.717) is 11.5 Å². The first-order valence-electron chi connectivity index (χ1n) is 10.4. The number of rotatable bonds is 10. The number of carbonyl (C=O) groups is 2. The quantitative estimate of drug-likeness (QED) is 0.388. The summed E-state index contributed by atoms with van der Waals surface area (Å²) in [5.41, 5.74) is 7.43. The summed E-state index contributed by atoms with van der Waals surface area (Å²) in [5, 5.41) is 10.9. The van der Waals surface area contributed by atoms with E-state index in [-0.39, 0.29) is 31.2 Å². The number of benzene rings is 2. The smallest absolute Gasteiger partial charge is 0.243 e. The number of methoxy groups -OCH3 is 2. The zero-order valence-electron chi connectivity index (χ0n) is 19.1. The van der Waals surface area contributed by atoms with Gasteiger partial charge < -0.3 is 20.5 Å². The number of amides is 2. The van der Waals surface area contributed by atoms with Crippen LogP contribution in [0.15, 0.2) is 48.5 Å². The fourth-order valence-electron chi connectivity index (χ4n) is 3.36. The molecule has 2 aromatic rings. The Labute approximate surface area is 189 Å². The van der Waals surface area contributed by atoms with Gasteiger partial charge in [-0.15, -0.1) is 0 Å². The van der Waals surface area contributed by atoms with Crippen molar-refractivity contribution in [3.8, 4) is 11.5 Å². The molecule has 0 saturated carbocycles. The third kappa shape index (κ3) is 6.73. The van der Waals surface area contributed by atoms with Crippen molar-refractivity contribution in [3.63, 3.8) is 0 Å². The fraction of sp³-hybridized carbons (Fsp3) is 0.375. The fourth-order valence-corrected chi connectivity index (χ4v) is 3.36. The van der Waals surface area contributed by atoms with E-state index in [9.17, 15) is 9.59 Å². The van der Waals surface area contributed by atoms with Gasteiger partial charge in [0.1, 0.15) is 6.04 Å². The van der Waals surface area contributed by atoms with Crippen LogP contribution in [-0.2, 0) is 22.6 Å². The van der Waals surface area contributed by atoms with Crippen LogP contribution in [0.3, 0.4) is 0 Å². The molecule has 2 amide bonds. The van der Waals surface area contributed by atoms with Gasteiger partial charge in [-0.3, -0.25) is 19.9 Å². The maximum absolute atomic E-state index is 13.2. The van der Waals surface area contributed by atoms with Crippen LogP contribution < -0.4 is 20.5 Å². The van der Waals surface area contributed by atoms with Gasteiger partial charge in [0, 0.05) is 19.4 Å². The minimum atomic E-state index is -0.943. The largest absolute Gasteiger partial charge is 0.493 e. The monoisotopic (exact) mass is 440 g/mol. The predicted molar refractivity (Wildman–Crippen MR) is 124 cm³/mol. The lowest BCUT2D eigenvalue weighted by Crippen LogP contribution is -2.55. The normalized spacial score (nSPS) is 11.5. The number of nitrogens with two attached hydrogens (primary N) is 1. The van der Waals surface area contributed by atoms with Gasteiger partial charge in [0.25, 0.3) is 0 Å². The Balaban J connectivity index is 2.26. The highest BCUT2D eigenvalue weighted by Crippen LogP contribution is 2.27. The molecule has 0 aliphatic heterocycles. The molecule has 0 radical (unpaired) electrons. The standard InChI is InChI=1S/C24H32N4O4/c1-16(2)12-22(29)28(24(25)26)19(13-17-8-6-5-7-9-17)23(30)27-15-18-10-11-20(31-3)21(14-18)32-4/h5-11,14,16,19H,12-13,15H2,1-4H3,(H3,25,26)(H,27,30)/t19-/m1/s1. The van der Waals surface area contributed by atoms with Crippen LogP contribution in [0.1, 0.15) is 31.4 Å². The molecule has 2 aromatic carbocycles. The van der Waals surface area contributed by atoms with Crippen LogP contribution >= 0.6 is 0 Å². The Morgan fingerprint density at radius 1 is 1.03 bits per heavy atom. The van der Waals surface area contributed by atoms with Crippen LogP contribution in [0.5, 0.6) is 11.5 Å². The summed E-state index contributed by atoms with van der Waals surface area (Å²) in [5.74, 6) is 0.0177. The summed E-state index contributed by atoms with van der Waals surface area (Å²) in [6.07, 6.45) is 0.426. The number of nitrogens with zero attached hydrogens (tertiary/aromatic N) is 1. The number of hydrogen-bond acceptors (Lipinski definition) is 5. The zero-order valence-corrected chi connectivity index (χ0v) is 19.1. The van der Waals surface area contributed by atoms with Crippen molar-refractivity contribution in [2.75, 3.05) is 14.2 Å². The summed E-state index contributed by atoms with van der Waals surface area (Å²) < 4.78 is 10.6. The van der Waals surface area contributed by atoms with Crippen LogP contribution in [-0.4, -0.2) is 42.9 Å². The van der Waals surface area contributed by atoms with Crippen LogP contribution in [0.4, 0.5) is 0 Å².